The van der Waals surface area contributed by atoms with Crippen molar-refractivity contribution < 1.29 is 24.6 Å². The summed E-state index contributed by atoms with van der Waals surface area (Å²) < 4.78 is 0. The maximum absolute atomic E-state index is 11.6. The molecule has 3 N–H and O–H groups in total. The molecule has 1 aliphatic rings. The number of aliphatic carboxylic acids is 2. The highest BCUT2D eigenvalue weighted by molar-refractivity contribution is 5.83. The largest absolute Gasteiger partial charge is 0.481 e. The van der Waals surface area contributed by atoms with Gasteiger partial charge in [-0.15, -0.1) is 0 Å². The highest BCUT2D eigenvalue weighted by Crippen LogP contribution is 2.16. The predicted molar refractivity (Wildman–Crippen MR) is 72.1 cm³/mol. The quantitative estimate of drug-likeness (QED) is 0.594. The zero-order valence-corrected chi connectivity index (χ0v) is 11.2. The maximum atomic E-state index is 11.6. The van der Waals surface area contributed by atoms with Crippen LogP contribution in [-0.2, 0) is 14.4 Å². The third-order valence-electron chi connectivity index (χ3n) is 3.03. The molecule has 1 atom stereocenters. The van der Waals surface area contributed by atoms with E-state index in [1.54, 1.807) is 0 Å². The van der Waals surface area contributed by atoms with Gasteiger partial charge in [0, 0.05) is 12.8 Å². The third-order valence-corrected chi connectivity index (χ3v) is 3.03. The number of carboxylic acids is 2. The van der Waals surface area contributed by atoms with Crippen molar-refractivity contribution in [2.24, 2.45) is 0 Å². The molecule has 1 rings (SSSR count). The number of carboxylic acid groups (broad SMARTS) is 2. The van der Waals surface area contributed by atoms with E-state index < -0.39 is 18.0 Å². The molecule has 6 nitrogen and oxygen atoms in total. The number of hydrogen-bond acceptors (Lipinski definition) is 3. The van der Waals surface area contributed by atoms with Gasteiger partial charge in [0.25, 0.3) is 0 Å². The van der Waals surface area contributed by atoms with E-state index in [4.69, 9.17) is 10.2 Å². The van der Waals surface area contributed by atoms with Gasteiger partial charge < -0.3 is 15.5 Å². The molecule has 0 aromatic rings. The van der Waals surface area contributed by atoms with E-state index in [0.717, 1.165) is 12.8 Å². The second-order valence-corrected chi connectivity index (χ2v) is 4.70. The van der Waals surface area contributed by atoms with E-state index >= 15 is 0 Å². The predicted octanol–water partition coefficient (Wildman–Crippen LogP) is 1.48. The van der Waals surface area contributed by atoms with Gasteiger partial charge in [-0.2, -0.15) is 0 Å². The Morgan fingerprint density at radius 1 is 1.25 bits per heavy atom. The summed E-state index contributed by atoms with van der Waals surface area (Å²) in [6, 6.07) is -1.13. The minimum absolute atomic E-state index is 0.106. The summed E-state index contributed by atoms with van der Waals surface area (Å²) in [7, 11) is 0. The summed E-state index contributed by atoms with van der Waals surface area (Å²) in [6.45, 7) is 0. The summed E-state index contributed by atoms with van der Waals surface area (Å²) in [5.41, 5.74) is 1.26. The molecule has 110 valence electrons. The van der Waals surface area contributed by atoms with Crippen molar-refractivity contribution in [1.29, 1.82) is 0 Å². The summed E-state index contributed by atoms with van der Waals surface area (Å²) >= 11 is 0. The SMILES string of the molecule is O=C(O)CC[C@H](NC(=O)CCCC1=CC=CC1)C(=O)O. The van der Waals surface area contributed by atoms with E-state index in [2.05, 4.69) is 5.32 Å². The lowest BCUT2D eigenvalue weighted by atomic mass is 10.1. The minimum atomic E-state index is -1.21. The first-order chi connectivity index (χ1) is 9.49. The molecule has 0 unspecified atom stereocenters. The smallest absolute Gasteiger partial charge is 0.326 e. The molecule has 0 bridgehead atoms. The van der Waals surface area contributed by atoms with Crippen LogP contribution in [0.25, 0.3) is 0 Å². The van der Waals surface area contributed by atoms with Crippen molar-refractivity contribution in [3.63, 3.8) is 0 Å². The molecule has 0 aromatic heterocycles. The van der Waals surface area contributed by atoms with Gasteiger partial charge in [-0.3, -0.25) is 9.59 Å². The van der Waals surface area contributed by atoms with Crippen molar-refractivity contribution in [3.05, 3.63) is 23.8 Å². The number of amides is 1. The highest BCUT2D eigenvalue weighted by atomic mass is 16.4. The maximum Gasteiger partial charge on any atom is 0.326 e. The highest BCUT2D eigenvalue weighted by Gasteiger charge is 2.20. The monoisotopic (exact) mass is 281 g/mol. The van der Waals surface area contributed by atoms with Gasteiger partial charge in [0.1, 0.15) is 6.04 Å². The number of carbonyl (C=O) groups excluding carboxylic acids is 1. The molecule has 20 heavy (non-hydrogen) atoms. The van der Waals surface area contributed by atoms with Crippen LogP contribution in [-0.4, -0.2) is 34.1 Å². The van der Waals surface area contributed by atoms with Crippen LogP contribution in [0.4, 0.5) is 0 Å². The number of nitrogens with one attached hydrogen (secondary N) is 1. The second-order valence-electron chi connectivity index (χ2n) is 4.70. The van der Waals surface area contributed by atoms with Crippen molar-refractivity contribution >= 4 is 17.8 Å². The molecular weight excluding hydrogens is 262 g/mol. The third kappa shape index (κ3) is 6.17. The molecule has 0 saturated carbocycles. The van der Waals surface area contributed by atoms with Gasteiger partial charge >= 0.3 is 11.9 Å². The van der Waals surface area contributed by atoms with Crippen LogP contribution in [0.2, 0.25) is 0 Å². The Balaban J connectivity index is 2.26. The van der Waals surface area contributed by atoms with Crippen LogP contribution in [0, 0.1) is 0 Å². The summed E-state index contributed by atoms with van der Waals surface area (Å²) in [6.07, 6.45) is 8.28. The zero-order valence-electron chi connectivity index (χ0n) is 11.2. The zero-order chi connectivity index (χ0) is 15.0. The lowest BCUT2D eigenvalue weighted by Gasteiger charge is -2.13. The van der Waals surface area contributed by atoms with Crippen LogP contribution in [0.5, 0.6) is 0 Å². The van der Waals surface area contributed by atoms with Crippen LogP contribution in [0.15, 0.2) is 23.8 Å². The molecule has 1 amide bonds. The first-order valence-electron chi connectivity index (χ1n) is 6.57. The lowest BCUT2D eigenvalue weighted by Crippen LogP contribution is -2.41. The molecule has 0 radical (unpaired) electrons. The van der Waals surface area contributed by atoms with Gasteiger partial charge in [0.2, 0.25) is 5.91 Å². The fraction of sp³-hybridized carbons (Fsp3) is 0.500. The van der Waals surface area contributed by atoms with E-state index in [1.807, 2.05) is 18.2 Å². The fourth-order valence-electron chi connectivity index (χ4n) is 1.94. The van der Waals surface area contributed by atoms with Crippen LogP contribution < -0.4 is 5.32 Å². The van der Waals surface area contributed by atoms with E-state index in [9.17, 15) is 14.4 Å². The molecule has 0 aromatic carbocycles. The number of rotatable bonds is 9. The van der Waals surface area contributed by atoms with Gasteiger partial charge in [-0.05, 0) is 25.7 Å². The van der Waals surface area contributed by atoms with Crippen LogP contribution in [0.3, 0.4) is 0 Å². The van der Waals surface area contributed by atoms with E-state index in [1.165, 1.54) is 5.57 Å². The molecule has 1 aliphatic carbocycles. The Morgan fingerprint density at radius 2 is 2.00 bits per heavy atom. The summed E-state index contributed by atoms with van der Waals surface area (Å²) in [4.78, 5) is 32.9. The van der Waals surface area contributed by atoms with E-state index in [-0.39, 0.29) is 25.2 Å². The molecule has 0 aliphatic heterocycles. The Labute approximate surface area is 117 Å². The normalized spacial score (nSPS) is 14.7. The van der Waals surface area contributed by atoms with Crippen LogP contribution >= 0.6 is 0 Å². The first kappa shape index (κ1) is 15.9. The van der Waals surface area contributed by atoms with E-state index in [0.29, 0.717) is 6.42 Å². The Bertz CT molecular complexity index is 439. The fourth-order valence-corrected chi connectivity index (χ4v) is 1.94. The molecule has 0 spiro atoms. The van der Waals surface area contributed by atoms with Gasteiger partial charge in [0.15, 0.2) is 0 Å². The molecular formula is C14H19NO5. The van der Waals surface area contributed by atoms with Gasteiger partial charge in [0.05, 0.1) is 0 Å². The number of carbonyl (C=O) groups is 3. The van der Waals surface area contributed by atoms with Crippen LogP contribution in [0.1, 0.15) is 38.5 Å². The van der Waals surface area contributed by atoms with Crippen molar-refractivity contribution in [2.75, 3.05) is 0 Å². The molecule has 6 heteroatoms. The Kier molecular flexibility index (Phi) is 6.49. The van der Waals surface area contributed by atoms with Crippen molar-refractivity contribution in [2.45, 2.75) is 44.6 Å². The van der Waals surface area contributed by atoms with Gasteiger partial charge in [-0.1, -0.05) is 23.8 Å². The summed E-state index contributed by atoms with van der Waals surface area (Å²) in [5.74, 6) is -2.64. The van der Waals surface area contributed by atoms with Crippen molar-refractivity contribution in [3.8, 4) is 0 Å². The van der Waals surface area contributed by atoms with Crippen molar-refractivity contribution in [1.82, 2.24) is 5.32 Å². The molecule has 0 heterocycles. The number of hydrogen-bond donors (Lipinski definition) is 3. The average molecular weight is 281 g/mol. The second kappa shape index (κ2) is 8.14. The van der Waals surface area contributed by atoms with Gasteiger partial charge in [-0.25, -0.2) is 4.79 Å². The Morgan fingerprint density at radius 3 is 2.55 bits per heavy atom. The standard InChI is InChI=1S/C14H19NO5/c16-12(7-3-6-10-4-1-2-5-10)15-11(14(19)20)8-9-13(17)18/h1-2,4,11H,3,5-9H2,(H,15,16)(H,17,18)(H,19,20)/t11-/m0/s1. The topological polar surface area (TPSA) is 104 Å². The molecule has 0 fully saturated rings. The molecule has 0 saturated heterocycles. The minimum Gasteiger partial charge on any atom is -0.481 e. The summed E-state index contributed by atoms with van der Waals surface area (Å²) in [5, 5.41) is 19.8. The Hall–Kier alpha value is -2.11. The first-order valence-corrected chi connectivity index (χ1v) is 6.57. The average Bonchev–Trinajstić information content (AvgIpc) is 2.87. The number of allylic oxidation sites excluding steroid dienone is 4. The lowest BCUT2D eigenvalue weighted by molar-refractivity contribution is -0.143.